The van der Waals surface area contributed by atoms with E-state index in [1.165, 1.54) is 0 Å². The Bertz CT molecular complexity index is 524. The van der Waals surface area contributed by atoms with Crippen molar-refractivity contribution in [1.29, 1.82) is 0 Å². The lowest BCUT2D eigenvalue weighted by atomic mass is 9.73. The van der Waals surface area contributed by atoms with Crippen LogP contribution < -0.4 is 5.32 Å². The minimum atomic E-state index is -2.91. The Morgan fingerprint density at radius 1 is 1.39 bits per heavy atom. The van der Waals surface area contributed by atoms with E-state index in [2.05, 4.69) is 5.32 Å². The summed E-state index contributed by atoms with van der Waals surface area (Å²) in [5, 5.41) is 3.94. The van der Waals surface area contributed by atoms with Gasteiger partial charge in [-0.25, -0.2) is 8.42 Å². The van der Waals surface area contributed by atoms with Gasteiger partial charge in [-0.1, -0.05) is 30.7 Å². The van der Waals surface area contributed by atoms with Gasteiger partial charge in [0, 0.05) is 29.3 Å². The molecule has 1 saturated heterocycles. The average molecular weight is 288 g/mol. The van der Waals surface area contributed by atoms with Crippen LogP contribution in [0.1, 0.15) is 18.9 Å². The Morgan fingerprint density at radius 2 is 2.11 bits per heavy atom. The Balaban J connectivity index is 2.17. The molecule has 1 fully saturated rings. The van der Waals surface area contributed by atoms with Gasteiger partial charge in [0.2, 0.25) is 0 Å². The standard InChI is InChI=1S/C13H18ClNO2S/c1-2-18(16,17)7-6-13(9-15-10-13)11-4-3-5-12(14)8-11/h3-5,8,15H,2,6-7,9-10H2,1H3. The normalized spacial score (nSPS) is 18.3. The quantitative estimate of drug-likeness (QED) is 0.901. The van der Waals surface area contributed by atoms with Crippen LogP contribution in [0.5, 0.6) is 0 Å². The molecule has 0 aliphatic carbocycles. The molecule has 5 heteroatoms. The number of halogens is 1. The largest absolute Gasteiger partial charge is 0.315 e. The van der Waals surface area contributed by atoms with Gasteiger partial charge in [-0.3, -0.25) is 0 Å². The first-order chi connectivity index (χ1) is 8.47. The molecule has 1 heterocycles. The highest BCUT2D eigenvalue weighted by molar-refractivity contribution is 7.91. The van der Waals surface area contributed by atoms with Crippen LogP contribution in [0, 0.1) is 0 Å². The topological polar surface area (TPSA) is 46.2 Å². The second-order valence-electron chi connectivity index (χ2n) is 4.88. The summed E-state index contributed by atoms with van der Waals surface area (Å²) in [5.41, 5.74) is 1.08. The van der Waals surface area contributed by atoms with Crippen LogP contribution in [0.2, 0.25) is 5.02 Å². The molecular weight excluding hydrogens is 270 g/mol. The molecule has 0 spiro atoms. The van der Waals surface area contributed by atoms with Crippen molar-refractivity contribution in [2.45, 2.75) is 18.8 Å². The van der Waals surface area contributed by atoms with E-state index in [1.54, 1.807) is 6.92 Å². The minimum absolute atomic E-state index is 0.0624. The van der Waals surface area contributed by atoms with Crippen LogP contribution in [0.15, 0.2) is 24.3 Å². The van der Waals surface area contributed by atoms with E-state index < -0.39 is 9.84 Å². The van der Waals surface area contributed by atoms with E-state index in [0.717, 1.165) is 18.7 Å². The molecule has 0 aromatic heterocycles. The third kappa shape index (κ3) is 2.87. The monoisotopic (exact) mass is 287 g/mol. The Hall–Kier alpha value is -0.580. The van der Waals surface area contributed by atoms with Crippen LogP contribution in [0.3, 0.4) is 0 Å². The average Bonchev–Trinajstić information content (AvgIpc) is 2.28. The van der Waals surface area contributed by atoms with E-state index in [-0.39, 0.29) is 16.9 Å². The zero-order chi connectivity index (χ0) is 13.2. The van der Waals surface area contributed by atoms with Gasteiger partial charge in [0.1, 0.15) is 9.84 Å². The molecule has 1 aromatic rings. The van der Waals surface area contributed by atoms with Gasteiger partial charge in [-0.2, -0.15) is 0 Å². The molecule has 0 atom stereocenters. The fraction of sp³-hybridized carbons (Fsp3) is 0.538. The Kier molecular flexibility index (Phi) is 3.99. The first-order valence-electron chi connectivity index (χ1n) is 6.15. The van der Waals surface area contributed by atoms with Crippen LogP contribution in [-0.4, -0.2) is 33.0 Å². The van der Waals surface area contributed by atoms with Crippen LogP contribution in [0.4, 0.5) is 0 Å². The van der Waals surface area contributed by atoms with Gasteiger partial charge in [-0.05, 0) is 24.1 Å². The SMILES string of the molecule is CCS(=O)(=O)CCC1(c2cccc(Cl)c2)CNC1. The highest BCUT2D eigenvalue weighted by Crippen LogP contribution is 2.33. The maximum atomic E-state index is 11.6. The summed E-state index contributed by atoms with van der Waals surface area (Å²) in [6.45, 7) is 3.35. The molecule has 1 aliphatic rings. The molecule has 2 rings (SSSR count). The smallest absolute Gasteiger partial charge is 0.150 e. The summed E-state index contributed by atoms with van der Waals surface area (Å²) in [5.74, 6) is 0.462. The van der Waals surface area contributed by atoms with Crippen molar-refractivity contribution < 1.29 is 8.42 Å². The third-order valence-electron chi connectivity index (χ3n) is 3.70. The minimum Gasteiger partial charge on any atom is -0.315 e. The van der Waals surface area contributed by atoms with Gasteiger partial charge in [-0.15, -0.1) is 0 Å². The summed E-state index contributed by atoms with van der Waals surface area (Å²) in [4.78, 5) is 0. The van der Waals surface area contributed by atoms with Crippen molar-refractivity contribution >= 4 is 21.4 Å². The van der Waals surface area contributed by atoms with Crippen molar-refractivity contribution in [2.75, 3.05) is 24.6 Å². The van der Waals surface area contributed by atoms with Crippen molar-refractivity contribution in [3.8, 4) is 0 Å². The summed E-state index contributed by atoms with van der Waals surface area (Å²) >= 11 is 6.01. The molecule has 1 aliphatic heterocycles. The van der Waals surface area contributed by atoms with E-state index >= 15 is 0 Å². The van der Waals surface area contributed by atoms with Gasteiger partial charge < -0.3 is 5.32 Å². The van der Waals surface area contributed by atoms with Gasteiger partial charge >= 0.3 is 0 Å². The van der Waals surface area contributed by atoms with Crippen molar-refractivity contribution in [1.82, 2.24) is 5.32 Å². The molecular formula is C13H18ClNO2S. The number of nitrogens with one attached hydrogen (secondary N) is 1. The second kappa shape index (κ2) is 5.19. The van der Waals surface area contributed by atoms with Crippen LogP contribution in [0.25, 0.3) is 0 Å². The third-order valence-corrected chi connectivity index (χ3v) is 5.64. The highest BCUT2D eigenvalue weighted by atomic mass is 35.5. The molecule has 1 N–H and O–H groups in total. The van der Waals surface area contributed by atoms with Gasteiger partial charge in [0.15, 0.2) is 0 Å². The maximum absolute atomic E-state index is 11.6. The zero-order valence-corrected chi connectivity index (χ0v) is 12.0. The molecule has 0 bridgehead atoms. The van der Waals surface area contributed by atoms with Crippen LogP contribution >= 0.6 is 11.6 Å². The van der Waals surface area contributed by atoms with Crippen molar-refractivity contribution in [3.05, 3.63) is 34.9 Å². The predicted octanol–water partition coefficient (Wildman–Crippen LogP) is 2.01. The molecule has 0 amide bonds. The lowest BCUT2D eigenvalue weighted by molar-refractivity contribution is 0.268. The van der Waals surface area contributed by atoms with E-state index in [4.69, 9.17) is 11.6 Å². The molecule has 3 nitrogen and oxygen atoms in total. The summed E-state index contributed by atoms with van der Waals surface area (Å²) in [6, 6.07) is 7.74. The summed E-state index contributed by atoms with van der Waals surface area (Å²) in [7, 11) is -2.91. The number of sulfone groups is 1. The molecule has 100 valence electrons. The Labute approximate surface area is 113 Å². The molecule has 18 heavy (non-hydrogen) atoms. The fourth-order valence-corrected chi connectivity index (χ4v) is 3.45. The summed E-state index contributed by atoms with van der Waals surface area (Å²) < 4.78 is 23.3. The number of hydrogen-bond acceptors (Lipinski definition) is 3. The zero-order valence-electron chi connectivity index (χ0n) is 10.4. The molecule has 0 radical (unpaired) electrons. The molecule has 0 saturated carbocycles. The van der Waals surface area contributed by atoms with E-state index in [1.807, 2.05) is 24.3 Å². The number of hydrogen-bond donors (Lipinski definition) is 1. The first-order valence-corrected chi connectivity index (χ1v) is 8.35. The van der Waals surface area contributed by atoms with Gasteiger partial charge in [0.05, 0.1) is 5.75 Å². The first kappa shape index (κ1) is 13.8. The van der Waals surface area contributed by atoms with Gasteiger partial charge in [0.25, 0.3) is 0 Å². The van der Waals surface area contributed by atoms with E-state index in [0.29, 0.717) is 11.4 Å². The van der Waals surface area contributed by atoms with Crippen molar-refractivity contribution in [2.24, 2.45) is 0 Å². The second-order valence-corrected chi connectivity index (χ2v) is 7.79. The van der Waals surface area contributed by atoms with E-state index in [9.17, 15) is 8.42 Å². The lowest BCUT2D eigenvalue weighted by Crippen LogP contribution is -2.57. The maximum Gasteiger partial charge on any atom is 0.150 e. The highest BCUT2D eigenvalue weighted by Gasteiger charge is 2.39. The fourth-order valence-electron chi connectivity index (χ4n) is 2.27. The van der Waals surface area contributed by atoms with Crippen LogP contribution in [-0.2, 0) is 15.3 Å². The Morgan fingerprint density at radius 3 is 2.61 bits per heavy atom. The number of rotatable bonds is 5. The predicted molar refractivity (Wildman–Crippen MR) is 74.9 cm³/mol. The summed E-state index contributed by atoms with van der Waals surface area (Å²) in [6.07, 6.45) is 0.663. The van der Waals surface area contributed by atoms with Crippen molar-refractivity contribution in [3.63, 3.8) is 0 Å². The molecule has 0 unspecified atom stereocenters. The number of benzene rings is 1. The molecule has 1 aromatic carbocycles. The lowest BCUT2D eigenvalue weighted by Gasteiger charge is -2.43.